The van der Waals surface area contributed by atoms with Crippen molar-refractivity contribution >= 4 is 34.4 Å². The first-order chi connectivity index (χ1) is 13.9. The minimum absolute atomic E-state index is 0.124. The number of nitrogens with zero attached hydrogens (tertiary/aromatic N) is 4. The number of H-pyrrole nitrogens is 1. The van der Waals surface area contributed by atoms with Crippen molar-refractivity contribution in [3.63, 3.8) is 0 Å². The average molecular weight is 430 g/mol. The fraction of sp³-hybridized carbons (Fsp3) is 0.150. The van der Waals surface area contributed by atoms with Crippen LogP contribution in [-0.4, -0.2) is 24.1 Å². The molecule has 0 aliphatic rings. The third-order valence-electron chi connectivity index (χ3n) is 4.45. The second-order valence-corrected chi connectivity index (χ2v) is 7.27. The molecule has 1 aromatic carbocycles. The number of nitrogens with one attached hydrogen (secondary N) is 1. The molecule has 0 aliphatic carbocycles. The highest BCUT2D eigenvalue weighted by atomic mass is 35.5. The molecule has 0 bridgehead atoms. The summed E-state index contributed by atoms with van der Waals surface area (Å²) in [5.74, 6) is 2.37. The maximum Gasteiger partial charge on any atom is 0.329 e. The van der Waals surface area contributed by atoms with Gasteiger partial charge in [0.2, 0.25) is 5.95 Å². The molecule has 0 amide bonds. The quantitative estimate of drug-likeness (QED) is 0.388. The van der Waals surface area contributed by atoms with E-state index < -0.39 is 5.95 Å². The Morgan fingerprint density at radius 1 is 1.21 bits per heavy atom. The zero-order chi connectivity index (χ0) is 20.5. The second kappa shape index (κ2) is 7.74. The summed E-state index contributed by atoms with van der Waals surface area (Å²) >= 11 is 12.2. The van der Waals surface area contributed by atoms with E-state index in [-0.39, 0.29) is 24.4 Å². The number of terminal acetylenes is 1. The number of benzene rings is 1. The number of halogens is 3. The van der Waals surface area contributed by atoms with Crippen molar-refractivity contribution in [2.45, 2.75) is 19.5 Å². The summed E-state index contributed by atoms with van der Waals surface area (Å²) in [4.78, 5) is 23.9. The molecule has 6 nitrogen and oxygen atoms in total. The fourth-order valence-electron chi connectivity index (χ4n) is 3.11. The molecule has 3 aromatic heterocycles. The molecule has 29 heavy (non-hydrogen) atoms. The van der Waals surface area contributed by atoms with Crippen LogP contribution in [0.4, 0.5) is 4.39 Å². The van der Waals surface area contributed by atoms with E-state index in [2.05, 4.69) is 20.9 Å². The van der Waals surface area contributed by atoms with Crippen LogP contribution in [0.15, 0.2) is 41.3 Å². The number of hydrogen-bond donors (Lipinski definition) is 1. The highest BCUT2D eigenvalue weighted by Crippen LogP contribution is 2.23. The fourth-order valence-corrected chi connectivity index (χ4v) is 3.59. The number of hydrogen-bond acceptors (Lipinski definition) is 3. The summed E-state index contributed by atoms with van der Waals surface area (Å²) in [6, 6.07) is 8.00. The van der Waals surface area contributed by atoms with E-state index in [9.17, 15) is 9.18 Å². The van der Waals surface area contributed by atoms with Crippen molar-refractivity contribution in [3.8, 4) is 12.3 Å². The van der Waals surface area contributed by atoms with E-state index in [1.54, 1.807) is 24.4 Å². The third kappa shape index (κ3) is 3.90. The number of fused-ring (bicyclic) bond motifs is 1. The Balaban J connectivity index is 1.69. The molecule has 3 heterocycles. The minimum atomic E-state index is -0.616. The molecule has 0 spiro atoms. The molecule has 0 aliphatic heterocycles. The van der Waals surface area contributed by atoms with Crippen LogP contribution < -0.4 is 5.69 Å². The third-order valence-corrected chi connectivity index (χ3v) is 5.03. The maximum atomic E-state index is 13.3. The first kappa shape index (κ1) is 19.2. The summed E-state index contributed by atoms with van der Waals surface area (Å²) in [5.41, 5.74) is 2.09. The zero-order valence-corrected chi connectivity index (χ0v) is 16.5. The van der Waals surface area contributed by atoms with Crippen LogP contribution in [0.1, 0.15) is 17.1 Å². The van der Waals surface area contributed by atoms with E-state index in [0.717, 1.165) is 5.56 Å². The van der Waals surface area contributed by atoms with Gasteiger partial charge in [-0.3, -0.25) is 9.13 Å². The molecular weight excluding hydrogens is 416 g/mol. The van der Waals surface area contributed by atoms with Gasteiger partial charge in [0.05, 0.1) is 18.6 Å². The van der Waals surface area contributed by atoms with Gasteiger partial charge >= 0.3 is 5.69 Å². The van der Waals surface area contributed by atoms with Crippen LogP contribution in [0.3, 0.4) is 0 Å². The Hall–Kier alpha value is -3.08. The smallest absolute Gasteiger partial charge is 0.329 e. The lowest BCUT2D eigenvalue weighted by Gasteiger charge is -2.06. The Morgan fingerprint density at radius 2 is 2.03 bits per heavy atom. The number of pyridine rings is 1. The number of rotatable bonds is 5. The summed E-state index contributed by atoms with van der Waals surface area (Å²) < 4.78 is 16.3. The first-order valence-electron chi connectivity index (χ1n) is 8.62. The van der Waals surface area contributed by atoms with Gasteiger partial charge in [0.1, 0.15) is 5.82 Å². The molecule has 0 radical (unpaired) electrons. The molecule has 1 N–H and O–H groups in total. The standard InChI is InChI=1S/C20H14Cl2FN5O/c1-2-7-28-14(8-12-3-4-13(21)9-15(12)22)10-27(20(28)29)11-18-24-16-5-6-17(23)25-19(16)26-18/h1,3-6,9-10H,7-8,11H2,(H,24,25,26). The number of aromatic nitrogens is 5. The predicted molar refractivity (Wildman–Crippen MR) is 110 cm³/mol. The first-order valence-corrected chi connectivity index (χ1v) is 9.37. The van der Waals surface area contributed by atoms with E-state index in [0.29, 0.717) is 33.5 Å². The summed E-state index contributed by atoms with van der Waals surface area (Å²) in [6.07, 6.45) is 7.57. The van der Waals surface area contributed by atoms with Crippen LogP contribution in [-0.2, 0) is 19.5 Å². The number of imidazole rings is 2. The van der Waals surface area contributed by atoms with Gasteiger partial charge in [0, 0.05) is 28.4 Å². The topological polar surface area (TPSA) is 68.5 Å². The Labute approximate surface area is 174 Å². The molecule has 9 heteroatoms. The Morgan fingerprint density at radius 3 is 2.79 bits per heavy atom. The van der Waals surface area contributed by atoms with Gasteiger partial charge in [-0.15, -0.1) is 6.42 Å². The lowest BCUT2D eigenvalue weighted by atomic mass is 10.1. The molecule has 0 fully saturated rings. The highest BCUT2D eigenvalue weighted by Gasteiger charge is 2.15. The average Bonchev–Trinajstić information content (AvgIpc) is 3.19. The van der Waals surface area contributed by atoms with E-state index >= 15 is 0 Å². The van der Waals surface area contributed by atoms with E-state index in [1.807, 2.05) is 6.07 Å². The molecule has 0 atom stereocenters. The van der Waals surface area contributed by atoms with Crippen molar-refractivity contribution in [2.24, 2.45) is 0 Å². The van der Waals surface area contributed by atoms with Gasteiger partial charge in [-0.1, -0.05) is 35.2 Å². The van der Waals surface area contributed by atoms with Gasteiger partial charge in [-0.05, 0) is 29.8 Å². The van der Waals surface area contributed by atoms with Crippen molar-refractivity contribution in [1.29, 1.82) is 0 Å². The lowest BCUT2D eigenvalue weighted by molar-refractivity contribution is 0.588. The molecule has 146 valence electrons. The molecule has 0 unspecified atom stereocenters. The second-order valence-electron chi connectivity index (χ2n) is 6.42. The summed E-state index contributed by atoms with van der Waals surface area (Å²) in [7, 11) is 0. The predicted octanol–water partition coefficient (Wildman–Crippen LogP) is 3.64. The van der Waals surface area contributed by atoms with Crippen molar-refractivity contribution in [3.05, 3.63) is 80.1 Å². The molecule has 0 saturated heterocycles. The highest BCUT2D eigenvalue weighted by molar-refractivity contribution is 6.35. The van der Waals surface area contributed by atoms with Crippen LogP contribution in [0, 0.1) is 18.3 Å². The maximum absolute atomic E-state index is 13.3. The zero-order valence-electron chi connectivity index (χ0n) is 15.0. The summed E-state index contributed by atoms with van der Waals surface area (Å²) in [5, 5.41) is 1.04. The van der Waals surface area contributed by atoms with Crippen LogP contribution >= 0.6 is 23.2 Å². The normalized spacial score (nSPS) is 11.1. The van der Waals surface area contributed by atoms with Gasteiger partial charge in [-0.2, -0.15) is 9.37 Å². The molecule has 4 aromatic rings. The molecular formula is C20H14Cl2FN5O. The monoisotopic (exact) mass is 429 g/mol. The van der Waals surface area contributed by atoms with Crippen LogP contribution in [0.5, 0.6) is 0 Å². The van der Waals surface area contributed by atoms with Crippen molar-refractivity contribution in [1.82, 2.24) is 24.1 Å². The van der Waals surface area contributed by atoms with Gasteiger partial charge in [0.15, 0.2) is 5.65 Å². The van der Waals surface area contributed by atoms with E-state index in [4.69, 9.17) is 29.6 Å². The van der Waals surface area contributed by atoms with Crippen LogP contribution in [0.25, 0.3) is 11.2 Å². The number of aromatic amines is 1. The van der Waals surface area contributed by atoms with Gasteiger partial charge in [0.25, 0.3) is 0 Å². The Bertz CT molecular complexity index is 1310. The van der Waals surface area contributed by atoms with Gasteiger partial charge < -0.3 is 4.98 Å². The summed E-state index contributed by atoms with van der Waals surface area (Å²) in [6.45, 7) is 0.287. The van der Waals surface area contributed by atoms with Crippen molar-refractivity contribution in [2.75, 3.05) is 0 Å². The van der Waals surface area contributed by atoms with Crippen molar-refractivity contribution < 1.29 is 4.39 Å². The SMILES string of the molecule is C#CCn1c(Cc2ccc(Cl)cc2Cl)cn(Cc2nc3nc(F)ccc3[nH]2)c1=O. The Kier molecular flexibility index (Phi) is 5.14. The molecule has 4 rings (SSSR count). The lowest BCUT2D eigenvalue weighted by Crippen LogP contribution is -2.25. The molecule has 0 saturated carbocycles. The van der Waals surface area contributed by atoms with E-state index in [1.165, 1.54) is 15.2 Å². The van der Waals surface area contributed by atoms with Crippen LogP contribution in [0.2, 0.25) is 10.0 Å². The largest absolute Gasteiger partial charge is 0.339 e. The minimum Gasteiger partial charge on any atom is -0.339 e. The van der Waals surface area contributed by atoms with Gasteiger partial charge in [-0.25, -0.2) is 9.78 Å².